The summed E-state index contributed by atoms with van der Waals surface area (Å²) < 4.78 is 27.4. The van der Waals surface area contributed by atoms with Crippen LogP contribution >= 0.6 is 11.6 Å². The number of halogens is 1. The molecule has 0 fully saturated rings. The Hall–Kier alpha value is -1.89. The van der Waals surface area contributed by atoms with E-state index in [4.69, 9.17) is 11.6 Å². The van der Waals surface area contributed by atoms with E-state index < -0.39 is 10.0 Å². The van der Waals surface area contributed by atoms with Crippen molar-refractivity contribution in [3.63, 3.8) is 0 Å². The lowest BCUT2D eigenvalue weighted by Gasteiger charge is -2.24. The van der Waals surface area contributed by atoms with Gasteiger partial charge in [0.25, 0.3) is 0 Å². The van der Waals surface area contributed by atoms with Crippen LogP contribution in [0.2, 0.25) is 5.02 Å². The van der Waals surface area contributed by atoms with Gasteiger partial charge in [0.2, 0.25) is 15.9 Å². The normalized spacial score (nSPS) is 11.4. The number of carbonyl (C=O) groups excluding carboxylic acids is 1. The zero-order valence-electron chi connectivity index (χ0n) is 15.3. The van der Waals surface area contributed by atoms with Crippen molar-refractivity contribution < 1.29 is 13.2 Å². The van der Waals surface area contributed by atoms with E-state index in [1.54, 1.807) is 17.9 Å². The van der Waals surface area contributed by atoms with Crippen molar-refractivity contribution in [2.75, 3.05) is 18.0 Å². The highest BCUT2D eigenvalue weighted by Gasteiger charge is 2.18. The molecule has 7 heteroatoms. The molecule has 0 unspecified atom stereocenters. The van der Waals surface area contributed by atoms with Crippen molar-refractivity contribution in [3.05, 3.63) is 58.1 Å². The highest BCUT2D eigenvalue weighted by Crippen LogP contribution is 2.23. The second-order valence-electron chi connectivity index (χ2n) is 6.20. The Morgan fingerprint density at radius 3 is 2.42 bits per heavy atom. The maximum Gasteiger partial charge on any atom is 0.240 e. The third kappa shape index (κ3) is 4.63. The molecule has 0 spiro atoms. The highest BCUT2D eigenvalue weighted by molar-refractivity contribution is 7.89. The Balaban J connectivity index is 2.13. The van der Waals surface area contributed by atoms with Gasteiger partial charge >= 0.3 is 0 Å². The van der Waals surface area contributed by atoms with Crippen molar-refractivity contribution >= 4 is 33.2 Å². The molecule has 0 radical (unpaired) electrons. The molecule has 2 aromatic rings. The maximum atomic E-state index is 12.4. The lowest BCUT2D eigenvalue weighted by Crippen LogP contribution is -2.38. The molecule has 1 N–H and O–H groups in total. The van der Waals surface area contributed by atoms with E-state index in [9.17, 15) is 13.2 Å². The summed E-state index contributed by atoms with van der Waals surface area (Å²) in [4.78, 5) is 13.8. The number of benzene rings is 2. The molecule has 0 saturated heterocycles. The summed E-state index contributed by atoms with van der Waals surface area (Å²) in [6.07, 6.45) is 0. The van der Waals surface area contributed by atoms with E-state index in [2.05, 4.69) is 4.72 Å². The predicted molar refractivity (Wildman–Crippen MR) is 105 cm³/mol. The highest BCUT2D eigenvalue weighted by atomic mass is 35.5. The first-order valence-electron chi connectivity index (χ1n) is 8.23. The molecule has 0 bridgehead atoms. The number of nitrogens with one attached hydrogen (secondary N) is 1. The van der Waals surface area contributed by atoms with E-state index in [1.807, 2.05) is 32.0 Å². The van der Waals surface area contributed by atoms with Gasteiger partial charge in [-0.3, -0.25) is 4.79 Å². The van der Waals surface area contributed by atoms with Gasteiger partial charge in [0.15, 0.2) is 0 Å². The number of nitrogens with zero attached hydrogens (tertiary/aromatic N) is 1. The van der Waals surface area contributed by atoms with Crippen LogP contribution in [-0.4, -0.2) is 27.4 Å². The molecule has 0 heterocycles. The smallest absolute Gasteiger partial charge is 0.240 e. The number of amides is 1. The first kappa shape index (κ1) is 20.4. The van der Waals surface area contributed by atoms with Gasteiger partial charge in [-0.05, 0) is 61.7 Å². The molecule has 26 heavy (non-hydrogen) atoms. The molecule has 0 aliphatic heterocycles. The first-order chi connectivity index (χ1) is 12.1. The number of hydrogen-bond acceptors (Lipinski definition) is 3. The van der Waals surface area contributed by atoms with Crippen LogP contribution in [0.15, 0.2) is 41.3 Å². The number of anilines is 1. The molecule has 140 valence electrons. The summed E-state index contributed by atoms with van der Waals surface area (Å²) in [6, 6.07) is 10.3. The van der Waals surface area contributed by atoms with Crippen molar-refractivity contribution in [2.45, 2.75) is 32.6 Å². The van der Waals surface area contributed by atoms with Crippen LogP contribution in [0.4, 0.5) is 5.69 Å². The maximum absolute atomic E-state index is 12.4. The third-order valence-corrected chi connectivity index (χ3v) is 6.20. The second-order valence-corrected chi connectivity index (χ2v) is 8.37. The third-order valence-electron chi connectivity index (χ3n) is 4.31. The topological polar surface area (TPSA) is 66.5 Å². The van der Waals surface area contributed by atoms with Gasteiger partial charge in [0.1, 0.15) is 0 Å². The van der Waals surface area contributed by atoms with Gasteiger partial charge in [0.05, 0.1) is 4.90 Å². The van der Waals surface area contributed by atoms with E-state index in [1.165, 1.54) is 19.1 Å². The number of rotatable bonds is 6. The molecular weight excluding hydrogens is 372 g/mol. The SMILES string of the molecule is CC(=O)N(CCNS(=O)(=O)c1ccc(Cl)c(C)c1)c1cccc(C)c1C. The zero-order chi connectivity index (χ0) is 19.5. The molecule has 5 nitrogen and oxygen atoms in total. The summed E-state index contributed by atoms with van der Waals surface area (Å²) in [5, 5.41) is 0.515. The lowest BCUT2D eigenvalue weighted by atomic mass is 10.1. The summed E-state index contributed by atoms with van der Waals surface area (Å²) in [7, 11) is -3.67. The Kier molecular flexibility index (Phi) is 6.44. The summed E-state index contributed by atoms with van der Waals surface area (Å²) in [5.74, 6) is -0.139. The van der Waals surface area contributed by atoms with E-state index in [0.29, 0.717) is 10.6 Å². The summed E-state index contributed by atoms with van der Waals surface area (Å²) >= 11 is 5.95. The van der Waals surface area contributed by atoms with Gasteiger partial charge < -0.3 is 4.90 Å². The monoisotopic (exact) mass is 394 g/mol. The van der Waals surface area contributed by atoms with E-state index in [-0.39, 0.29) is 23.9 Å². The molecule has 2 aromatic carbocycles. The van der Waals surface area contributed by atoms with Crippen molar-refractivity contribution in [2.24, 2.45) is 0 Å². The van der Waals surface area contributed by atoms with Crippen LogP contribution in [0.1, 0.15) is 23.6 Å². The van der Waals surface area contributed by atoms with Crippen LogP contribution in [-0.2, 0) is 14.8 Å². The minimum absolute atomic E-state index is 0.108. The Labute approximate surface area is 160 Å². The number of aryl methyl sites for hydroxylation is 2. The number of carbonyl (C=O) groups is 1. The Morgan fingerprint density at radius 1 is 1.12 bits per heavy atom. The van der Waals surface area contributed by atoms with Crippen LogP contribution in [0, 0.1) is 20.8 Å². The Morgan fingerprint density at radius 2 is 1.81 bits per heavy atom. The first-order valence-corrected chi connectivity index (χ1v) is 10.1. The van der Waals surface area contributed by atoms with Gasteiger partial charge in [-0.15, -0.1) is 0 Å². The number of sulfonamides is 1. The molecule has 0 saturated carbocycles. The fourth-order valence-electron chi connectivity index (χ4n) is 2.64. The van der Waals surface area contributed by atoms with Gasteiger partial charge in [-0.2, -0.15) is 0 Å². The quantitative estimate of drug-likeness (QED) is 0.814. The molecule has 0 aromatic heterocycles. The van der Waals surface area contributed by atoms with Crippen LogP contribution in [0.3, 0.4) is 0 Å². The average molecular weight is 395 g/mol. The molecule has 0 aliphatic rings. The molecule has 2 rings (SSSR count). The van der Waals surface area contributed by atoms with Gasteiger partial charge in [-0.25, -0.2) is 13.1 Å². The molecule has 0 aliphatic carbocycles. The number of hydrogen-bond donors (Lipinski definition) is 1. The van der Waals surface area contributed by atoms with Crippen molar-refractivity contribution in [1.29, 1.82) is 0 Å². The fraction of sp³-hybridized carbons (Fsp3) is 0.316. The van der Waals surface area contributed by atoms with E-state index >= 15 is 0 Å². The van der Waals surface area contributed by atoms with Gasteiger partial charge in [0, 0.05) is 30.7 Å². The lowest BCUT2D eigenvalue weighted by molar-refractivity contribution is -0.116. The van der Waals surface area contributed by atoms with Crippen LogP contribution in [0.5, 0.6) is 0 Å². The molecule has 1 amide bonds. The minimum Gasteiger partial charge on any atom is -0.311 e. The summed E-state index contributed by atoms with van der Waals surface area (Å²) in [6.45, 7) is 7.49. The minimum atomic E-state index is -3.67. The predicted octanol–water partition coefficient (Wildman–Crippen LogP) is 3.60. The van der Waals surface area contributed by atoms with Crippen molar-refractivity contribution in [3.8, 4) is 0 Å². The standard InChI is InChI=1S/C19H23ClN2O3S/c1-13-6-5-7-19(15(13)3)22(16(4)23)11-10-21-26(24,25)17-8-9-18(20)14(2)12-17/h5-9,12,21H,10-11H2,1-4H3. The molecule has 0 atom stereocenters. The van der Waals surface area contributed by atoms with Crippen molar-refractivity contribution in [1.82, 2.24) is 4.72 Å². The fourth-order valence-corrected chi connectivity index (χ4v) is 3.86. The second kappa shape index (κ2) is 8.20. The zero-order valence-corrected chi connectivity index (χ0v) is 16.9. The molecular formula is C19H23ClN2O3S. The van der Waals surface area contributed by atoms with E-state index in [0.717, 1.165) is 16.8 Å². The Bertz CT molecular complexity index is 926. The van der Waals surface area contributed by atoms with Crippen LogP contribution < -0.4 is 9.62 Å². The summed E-state index contributed by atoms with van der Waals surface area (Å²) in [5.41, 5.74) is 3.55. The largest absolute Gasteiger partial charge is 0.311 e. The van der Waals surface area contributed by atoms with Crippen LogP contribution in [0.25, 0.3) is 0 Å². The van der Waals surface area contributed by atoms with Gasteiger partial charge in [-0.1, -0.05) is 23.7 Å². The average Bonchev–Trinajstić information content (AvgIpc) is 2.57.